The summed E-state index contributed by atoms with van der Waals surface area (Å²) in [6, 6.07) is 16.5. The maximum atomic E-state index is 13.2. The Morgan fingerprint density at radius 1 is 0.767 bits per heavy atom. The van der Waals surface area contributed by atoms with Crippen LogP contribution in [0.15, 0.2) is 48.5 Å². The third-order valence-corrected chi connectivity index (χ3v) is 6.75. The average Bonchev–Trinajstić information content (AvgIpc) is 2.74. The van der Waals surface area contributed by atoms with Crippen LogP contribution in [0.1, 0.15) is 95.1 Å². The fraction of sp³-hybridized carbons (Fsp3) is 0.571. The van der Waals surface area contributed by atoms with E-state index in [1.54, 1.807) is 0 Å². The van der Waals surface area contributed by atoms with E-state index in [1.807, 2.05) is 24.3 Å². The first-order chi connectivity index (χ1) is 14.4. The Bertz CT molecular complexity index is 732. The highest BCUT2D eigenvalue weighted by Gasteiger charge is 2.22. The fourth-order valence-corrected chi connectivity index (χ4v) is 4.94. The van der Waals surface area contributed by atoms with Gasteiger partial charge in [0.25, 0.3) is 0 Å². The molecule has 0 bridgehead atoms. The zero-order chi connectivity index (χ0) is 21.4. The average molecular weight is 413 g/mol. The van der Waals surface area contributed by atoms with Crippen molar-refractivity contribution in [1.82, 2.24) is 0 Å². The lowest BCUT2D eigenvalue weighted by Gasteiger charge is -2.29. The second-order valence-electron chi connectivity index (χ2n) is 9.49. The van der Waals surface area contributed by atoms with Crippen LogP contribution in [0, 0.1) is 5.92 Å². The molecular weight excluding hydrogens is 374 g/mol. The van der Waals surface area contributed by atoms with Gasteiger partial charge in [-0.05, 0) is 66.7 Å². The van der Waals surface area contributed by atoms with Crippen molar-refractivity contribution in [2.45, 2.75) is 96.3 Å². The molecule has 0 aromatic heterocycles. The third-order valence-electron chi connectivity index (χ3n) is 6.75. The molecule has 0 nitrogen and oxygen atoms in total. The van der Waals surface area contributed by atoms with Crippen molar-refractivity contribution in [3.63, 3.8) is 0 Å². The van der Waals surface area contributed by atoms with E-state index in [4.69, 9.17) is 0 Å². The first kappa shape index (κ1) is 23.0. The predicted molar refractivity (Wildman–Crippen MR) is 124 cm³/mol. The number of rotatable bonds is 10. The van der Waals surface area contributed by atoms with Crippen molar-refractivity contribution in [2.24, 2.45) is 5.92 Å². The molecule has 1 fully saturated rings. The first-order valence-corrected chi connectivity index (χ1v) is 12.0. The van der Waals surface area contributed by atoms with Gasteiger partial charge < -0.3 is 0 Å². The maximum Gasteiger partial charge on any atom is 0.249 e. The molecule has 0 radical (unpaired) electrons. The number of benzene rings is 2. The molecule has 2 heteroatoms. The van der Waals surface area contributed by atoms with Crippen LogP contribution in [0.4, 0.5) is 8.78 Å². The van der Waals surface area contributed by atoms with Gasteiger partial charge in [-0.15, -0.1) is 0 Å². The van der Waals surface area contributed by atoms with Gasteiger partial charge in [-0.2, -0.15) is 0 Å². The normalized spacial score (nSPS) is 19.7. The van der Waals surface area contributed by atoms with Crippen molar-refractivity contribution in [2.75, 3.05) is 0 Å². The molecule has 164 valence electrons. The zero-order valence-corrected chi connectivity index (χ0v) is 18.8. The molecule has 0 spiro atoms. The lowest BCUT2D eigenvalue weighted by Crippen LogP contribution is -2.13. The van der Waals surface area contributed by atoms with Crippen molar-refractivity contribution in [3.8, 4) is 11.1 Å². The molecule has 0 heterocycles. The number of alkyl halides is 2. The summed E-state index contributed by atoms with van der Waals surface area (Å²) in [5.74, 6) is -1.02. The largest absolute Gasteiger partial charge is 0.249 e. The Labute approximate surface area is 182 Å². The highest BCUT2D eigenvalue weighted by molar-refractivity contribution is 5.64. The monoisotopic (exact) mass is 412 g/mol. The Hall–Kier alpha value is -1.70. The number of hydrogen-bond acceptors (Lipinski definition) is 0. The van der Waals surface area contributed by atoms with E-state index >= 15 is 0 Å². The lowest BCUT2D eigenvalue weighted by atomic mass is 9.77. The van der Waals surface area contributed by atoms with Gasteiger partial charge in [-0.3, -0.25) is 0 Å². The predicted octanol–water partition coefficient (Wildman–Crippen LogP) is 9.19. The van der Waals surface area contributed by atoms with Gasteiger partial charge >= 0.3 is 0 Å². The molecule has 2 aromatic rings. The Kier molecular flexibility index (Phi) is 8.48. The summed E-state index contributed by atoms with van der Waals surface area (Å²) in [5.41, 5.74) is 4.40. The molecule has 0 aliphatic heterocycles. The minimum atomic E-state index is -2.66. The number of unbranched alkanes of at least 4 members (excludes halogenated alkanes) is 4. The highest BCUT2D eigenvalue weighted by Crippen LogP contribution is 2.38. The van der Waals surface area contributed by atoms with Crippen molar-refractivity contribution in [3.05, 3.63) is 59.7 Å². The molecule has 0 N–H and O–H groups in total. The van der Waals surface area contributed by atoms with Crippen molar-refractivity contribution >= 4 is 0 Å². The Morgan fingerprint density at radius 3 is 1.90 bits per heavy atom. The second kappa shape index (κ2) is 11.1. The summed E-state index contributed by atoms with van der Waals surface area (Å²) in [6.07, 6.45) is 13.6. The Morgan fingerprint density at radius 2 is 1.33 bits per heavy atom. The fourth-order valence-electron chi connectivity index (χ4n) is 4.94. The Balaban J connectivity index is 1.48. The molecule has 3 rings (SSSR count). The zero-order valence-electron chi connectivity index (χ0n) is 18.8. The first-order valence-electron chi connectivity index (χ1n) is 12.0. The topological polar surface area (TPSA) is 0 Å². The molecule has 0 atom stereocenters. The molecular formula is C28H38F2. The summed E-state index contributed by atoms with van der Waals surface area (Å²) in [5, 5.41) is 0. The van der Waals surface area contributed by atoms with Crippen LogP contribution in [-0.2, 0) is 6.42 Å². The van der Waals surface area contributed by atoms with Crippen LogP contribution in [0.5, 0.6) is 0 Å². The second-order valence-corrected chi connectivity index (χ2v) is 9.49. The van der Waals surface area contributed by atoms with Crippen LogP contribution >= 0.6 is 0 Å². The van der Waals surface area contributed by atoms with Gasteiger partial charge in [0.05, 0.1) is 0 Å². The van der Waals surface area contributed by atoms with E-state index in [2.05, 4.69) is 31.2 Å². The molecule has 1 aliphatic rings. The summed E-state index contributed by atoms with van der Waals surface area (Å²) < 4.78 is 26.4. The molecule has 2 aromatic carbocycles. The van der Waals surface area contributed by atoms with E-state index < -0.39 is 5.92 Å². The SMILES string of the molecule is CCCCCCCC1CCC(c2ccc(-c3ccc(CC(C)(F)F)cc3)cc2)CC1. The van der Waals surface area contributed by atoms with Crippen LogP contribution in [-0.4, -0.2) is 5.92 Å². The molecule has 0 amide bonds. The van der Waals surface area contributed by atoms with Crippen molar-refractivity contribution in [1.29, 1.82) is 0 Å². The molecule has 0 saturated heterocycles. The number of hydrogen-bond donors (Lipinski definition) is 0. The molecule has 0 unspecified atom stereocenters. The van der Waals surface area contributed by atoms with Gasteiger partial charge in [-0.1, -0.05) is 94.0 Å². The van der Waals surface area contributed by atoms with Gasteiger partial charge in [0, 0.05) is 6.42 Å². The standard InChI is InChI=1S/C28H38F2/c1-3-4-5-6-7-8-22-9-13-24(14-10-22)26-17-19-27(20-18-26)25-15-11-23(12-16-25)21-28(2,29)30/h11-12,15-20,22,24H,3-10,13-14,21H2,1-2H3. The van der Waals surface area contributed by atoms with Crippen LogP contribution in [0.25, 0.3) is 11.1 Å². The van der Waals surface area contributed by atoms with Gasteiger partial charge in [0.2, 0.25) is 5.92 Å². The van der Waals surface area contributed by atoms with Gasteiger partial charge in [0.15, 0.2) is 0 Å². The summed E-state index contributed by atoms with van der Waals surface area (Å²) in [7, 11) is 0. The van der Waals surface area contributed by atoms with E-state index in [0.717, 1.165) is 24.0 Å². The minimum Gasteiger partial charge on any atom is -0.207 e. The minimum absolute atomic E-state index is 0.201. The smallest absolute Gasteiger partial charge is 0.207 e. The van der Waals surface area contributed by atoms with Crippen LogP contribution in [0.2, 0.25) is 0 Å². The quantitative estimate of drug-likeness (QED) is 0.341. The third kappa shape index (κ3) is 7.22. The van der Waals surface area contributed by atoms with Gasteiger partial charge in [-0.25, -0.2) is 8.78 Å². The summed E-state index contributed by atoms with van der Waals surface area (Å²) in [4.78, 5) is 0. The lowest BCUT2D eigenvalue weighted by molar-refractivity contribution is 0.0226. The van der Waals surface area contributed by atoms with E-state index in [-0.39, 0.29) is 6.42 Å². The van der Waals surface area contributed by atoms with Crippen molar-refractivity contribution < 1.29 is 8.78 Å². The highest BCUT2D eigenvalue weighted by atomic mass is 19.3. The summed E-state index contributed by atoms with van der Waals surface area (Å²) >= 11 is 0. The van der Waals surface area contributed by atoms with E-state index in [1.165, 1.54) is 69.8 Å². The maximum absolute atomic E-state index is 13.2. The van der Waals surface area contributed by atoms with Crippen LogP contribution < -0.4 is 0 Å². The van der Waals surface area contributed by atoms with Crippen LogP contribution in [0.3, 0.4) is 0 Å². The van der Waals surface area contributed by atoms with Gasteiger partial charge in [0.1, 0.15) is 0 Å². The summed E-state index contributed by atoms with van der Waals surface area (Å²) in [6.45, 7) is 3.25. The number of halogens is 2. The van der Waals surface area contributed by atoms with E-state index in [9.17, 15) is 8.78 Å². The molecule has 30 heavy (non-hydrogen) atoms. The molecule has 1 aliphatic carbocycles. The van der Waals surface area contributed by atoms with E-state index in [0.29, 0.717) is 11.5 Å². The molecule has 1 saturated carbocycles.